The summed E-state index contributed by atoms with van der Waals surface area (Å²) in [6.07, 6.45) is -9.84. The third-order valence-electron chi connectivity index (χ3n) is 3.71. The van der Waals surface area contributed by atoms with Gasteiger partial charge in [-0.25, -0.2) is 9.78 Å². The third-order valence-corrected chi connectivity index (χ3v) is 3.71. The molecule has 0 saturated heterocycles. The van der Waals surface area contributed by atoms with E-state index in [9.17, 15) is 31.1 Å². The molecule has 0 bridgehead atoms. The number of hydrogen-bond acceptors (Lipinski definition) is 3. The number of rotatable bonds is 2. The average Bonchev–Trinajstić information content (AvgIpc) is 2.66. The Balaban J connectivity index is 0.000000396. The molecule has 1 heterocycles. The SMILES string of the molecule is NC(=O)c1c(C(F)(F)F)c(-c2ccccc2)nc2ccccc12.O=C(O)C(F)(F)F. The van der Waals surface area contributed by atoms with Crippen molar-refractivity contribution in [2.45, 2.75) is 12.4 Å². The summed E-state index contributed by atoms with van der Waals surface area (Å²) in [5, 5.41) is 7.21. The van der Waals surface area contributed by atoms with E-state index in [1.165, 1.54) is 18.2 Å². The summed E-state index contributed by atoms with van der Waals surface area (Å²) in [7, 11) is 0. The number of nitrogens with zero attached hydrogens (tertiary/aromatic N) is 1. The fourth-order valence-corrected chi connectivity index (χ4v) is 2.55. The molecule has 3 rings (SSSR count). The molecule has 1 amide bonds. The number of carbonyl (C=O) groups is 2. The lowest BCUT2D eigenvalue weighted by Gasteiger charge is -2.17. The zero-order valence-corrected chi connectivity index (χ0v) is 14.8. The van der Waals surface area contributed by atoms with Crippen molar-refractivity contribution in [2.24, 2.45) is 5.73 Å². The Bertz CT molecular complexity index is 1080. The number of aliphatic carboxylic acids is 1. The molecule has 1 aromatic heterocycles. The van der Waals surface area contributed by atoms with Crippen LogP contribution in [0, 0.1) is 0 Å². The van der Waals surface area contributed by atoms with Gasteiger partial charge in [0.15, 0.2) is 0 Å². The smallest absolute Gasteiger partial charge is 0.475 e. The Morgan fingerprint density at radius 1 is 0.867 bits per heavy atom. The van der Waals surface area contributed by atoms with Crippen LogP contribution in [0.1, 0.15) is 15.9 Å². The number of nitrogens with two attached hydrogens (primary N) is 1. The molecule has 11 heteroatoms. The van der Waals surface area contributed by atoms with E-state index in [2.05, 4.69) is 4.98 Å². The van der Waals surface area contributed by atoms with Gasteiger partial charge in [-0.05, 0) is 6.07 Å². The van der Waals surface area contributed by atoms with E-state index in [-0.39, 0.29) is 22.2 Å². The number of amides is 1. The van der Waals surface area contributed by atoms with Crippen LogP contribution in [0.15, 0.2) is 54.6 Å². The van der Waals surface area contributed by atoms with Gasteiger partial charge in [-0.15, -0.1) is 0 Å². The molecule has 0 aliphatic heterocycles. The van der Waals surface area contributed by atoms with E-state index in [0.717, 1.165) is 0 Å². The first-order valence-corrected chi connectivity index (χ1v) is 7.99. The second kappa shape index (κ2) is 8.39. The van der Waals surface area contributed by atoms with Gasteiger partial charge in [0.1, 0.15) is 0 Å². The fraction of sp³-hybridized carbons (Fsp3) is 0.105. The maximum Gasteiger partial charge on any atom is 0.490 e. The van der Waals surface area contributed by atoms with Crippen molar-refractivity contribution in [3.63, 3.8) is 0 Å². The van der Waals surface area contributed by atoms with E-state index in [1.54, 1.807) is 36.4 Å². The average molecular weight is 430 g/mol. The highest BCUT2D eigenvalue weighted by molar-refractivity contribution is 6.08. The van der Waals surface area contributed by atoms with E-state index >= 15 is 0 Å². The summed E-state index contributed by atoms with van der Waals surface area (Å²) >= 11 is 0. The summed E-state index contributed by atoms with van der Waals surface area (Å²) in [4.78, 5) is 24.8. The van der Waals surface area contributed by atoms with E-state index in [1.807, 2.05) is 0 Å². The van der Waals surface area contributed by atoms with Gasteiger partial charge in [-0.3, -0.25) is 4.79 Å². The largest absolute Gasteiger partial charge is 0.490 e. The van der Waals surface area contributed by atoms with Gasteiger partial charge in [0.05, 0.1) is 22.3 Å². The second-order valence-corrected chi connectivity index (χ2v) is 5.76. The normalized spacial score (nSPS) is 11.5. The Labute approximate surface area is 164 Å². The number of para-hydroxylation sites is 1. The monoisotopic (exact) mass is 430 g/mol. The Hall–Kier alpha value is -3.63. The Kier molecular flexibility index (Phi) is 6.34. The van der Waals surface area contributed by atoms with Crippen molar-refractivity contribution in [3.05, 3.63) is 65.7 Å². The zero-order valence-electron chi connectivity index (χ0n) is 14.8. The molecule has 2 aromatic carbocycles. The van der Waals surface area contributed by atoms with Crippen LogP contribution >= 0.6 is 0 Å². The van der Waals surface area contributed by atoms with Crippen LogP contribution in [0.4, 0.5) is 26.3 Å². The second-order valence-electron chi connectivity index (χ2n) is 5.76. The molecule has 0 spiro atoms. The lowest BCUT2D eigenvalue weighted by Crippen LogP contribution is -2.21. The lowest BCUT2D eigenvalue weighted by atomic mass is 9.96. The molecule has 158 valence electrons. The van der Waals surface area contributed by atoms with Crippen molar-refractivity contribution in [1.29, 1.82) is 0 Å². The highest BCUT2D eigenvalue weighted by atomic mass is 19.4. The number of primary amides is 1. The summed E-state index contributed by atoms with van der Waals surface area (Å²) in [5.74, 6) is -3.89. The van der Waals surface area contributed by atoms with Crippen LogP contribution in [0.3, 0.4) is 0 Å². The minimum Gasteiger partial charge on any atom is -0.475 e. The molecule has 0 radical (unpaired) electrons. The van der Waals surface area contributed by atoms with Gasteiger partial charge in [0, 0.05) is 10.9 Å². The number of carboxylic acid groups (broad SMARTS) is 1. The quantitative estimate of drug-likeness (QED) is 0.579. The topological polar surface area (TPSA) is 93.3 Å². The predicted octanol–water partition coefficient (Wildman–Crippen LogP) is 4.65. The molecule has 0 aliphatic carbocycles. The number of alkyl halides is 6. The molecule has 3 N–H and O–H groups in total. The minimum atomic E-state index is -5.08. The highest BCUT2D eigenvalue weighted by Crippen LogP contribution is 2.40. The van der Waals surface area contributed by atoms with Gasteiger partial charge < -0.3 is 10.8 Å². The molecule has 0 atom stereocenters. The standard InChI is InChI=1S/C17H11F3N2O.C2HF3O2/c18-17(19,20)14-13(16(21)23)11-8-4-5-9-12(11)22-15(14)10-6-2-1-3-7-10;3-2(4,5)1(6)7/h1-9H,(H2,21,23);(H,6,7). The molecule has 0 aliphatic rings. The number of fused-ring (bicyclic) bond motifs is 1. The van der Waals surface area contributed by atoms with E-state index < -0.39 is 35.4 Å². The summed E-state index contributed by atoms with van der Waals surface area (Å²) in [5.41, 5.74) is 3.86. The van der Waals surface area contributed by atoms with Gasteiger partial charge in [-0.2, -0.15) is 26.3 Å². The van der Waals surface area contributed by atoms with Crippen LogP contribution < -0.4 is 5.73 Å². The minimum absolute atomic E-state index is 0.0898. The number of benzene rings is 2. The fourth-order valence-electron chi connectivity index (χ4n) is 2.55. The van der Waals surface area contributed by atoms with E-state index in [0.29, 0.717) is 0 Å². The van der Waals surface area contributed by atoms with Crippen LogP contribution in [-0.2, 0) is 11.0 Å². The van der Waals surface area contributed by atoms with Crippen LogP contribution in [0.25, 0.3) is 22.2 Å². The molecule has 0 saturated carbocycles. The van der Waals surface area contributed by atoms with Crippen molar-refractivity contribution in [3.8, 4) is 11.3 Å². The van der Waals surface area contributed by atoms with Gasteiger partial charge in [0.25, 0.3) is 0 Å². The maximum absolute atomic E-state index is 13.6. The van der Waals surface area contributed by atoms with Crippen LogP contribution in [0.5, 0.6) is 0 Å². The Morgan fingerprint density at radius 3 is 1.83 bits per heavy atom. The maximum atomic E-state index is 13.6. The van der Waals surface area contributed by atoms with Crippen molar-refractivity contribution < 1.29 is 41.0 Å². The van der Waals surface area contributed by atoms with Gasteiger partial charge >= 0.3 is 18.3 Å². The molecule has 3 aromatic rings. The summed E-state index contributed by atoms with van der Waals surface area (Å²) in [6.45, 7) is 0. The number of pyridine rings is 1. The third kappa shape index (κ3) is 5.04. The van der Waals surface area contributed by atoms with E-state index in [4.69, 9.17) is 15.6 Å². The number of carbonyl (C=O) groups excluding carboxylic acids is 1. The molecular formula is C19H12F6N2O3. The number of halogens is 6. The molecular weight excluding hydrogens is 418 g/mol. The highest BCUT2D eigenvalue weighted by Gasteiger charge is 2.40. The van der Waals surface area contributed by atoms with Gasteiger partial charge in [-0.1, -0.05) is 48.5 Å². The number of aromatic nitrogens is 1. The number of hydrogen-bond donors (Lipinski definition) is 2. The molecule has 0 fully saturated rings. The van der Waals surface area contributed by atoms with Crippen molar-refractivity contribution in [2.75, 3.05) is 0 Å². The number of carboxylic acids is 1. The van der Waals surface area contributed by atoms with Crippen molar-refractivity contribution in [1.82, 2.24) is 4.98 Å². The Morgan fingerprint density at radius 2 is 1.37 bits per heavy atom. The predicted molar refractivity (Wildman–Crippen MR) is 94.4 cm³/mol. The first kappa shape index (κ1) is 22.7. The first-order valence-electron chi connectivity index (χ1n) is 7.99. The summed E-state index contributed by atoms with van der Waals surface area (Å²) in [6, 6.07) is 14.1. The van der Waals surface area contributed by atoms with Gasteiger partial charge in [0.2, 0.25) is 5.91 Å². The first-order chi connectivity index (χ1) is 13.8. The molecule has 0 unspecified atom stereocenters. The zero-order chi connectivity index (χ0) is 22.7. The lowest BCUT2D eigenvalue weighted by molar-refractivity contribution is -0.192. The van der Waals surface area contributed by atoms with Crippen LogP contribution in [-0.4, -0.2) is 28.1 Å². The molecule has 5 nitrogen and oxygen atoms in total. The van der Waals surface area contributed by atoms with Crippen LogP contribution in [0.2, 0.25) is 0 Å². The van der Waals surface area contributed by atoms with Crippen molar-refractivity contribution >= 4 is 22.8 Å². The molecule has 30 heavy (non-hydrogen) atoms. The summed E-state index contributed by atoms with van der Waals surface area (Å²) < 4.78 is 72.6.